The molecule has 1 N–H and O–H groups in total. The first-order valence-electron chi connectivity index (χ1n) is 4.97. The molecule has 0 radical (unpaired) electrons. The molecule has 1 aromatic carbocycles. The van der Waals surface area contributed by atoms with E-state index in [9.17, 15) is 0 Å². The highest BCUT2D eigenvalue weighted by Gasteiger charge is 2.01. The van der Waals surface area contributed by atoms with Crippen molar-refractivity contribution in [2.75, 3.05) is 13.2 Å². The summed E-state index contributed by atoms with van der Waals surface area (Å²) in [6.45, 7) is 6.23. The van der Waals surface area contributed by atoms with Gasteiger partial charge in [0.25, 0.3) is 0 Å². The second kappa shape index (κ2) is 6.51. The molecular formula is C13H15BrO2. The number of aliphatic hydroxyl groups is 1. The molecule has 2 nitrogen and oxygen atoms in total. The minimum absolute atomic E-state index is 0.0238. The van der Waals surface area contributed by atoms with E-state index in [1.54, 1.807) is 6.08 Å². The van der Waals surface area contributed by atoms with Gasteiger partial charge in [-0.25, -0.2) is 0 Å². The first-order chi connectivity index (χ1) is 7.63. The Bertz CT molecular complexity index is 397. The molecule has 0 unspecified atom stereocenters. The van der Waals surface area contributed by atoms with E-state index < -0.39 is 0 Å². The third-order valence-electron chi connectivity index (χ3n) is 1.85. The lowest BCUT2D eigenvalue weighted by Crippen LogP contribution is -1.99. The number of hydrogen-bond acceptors (Lipinski definition) is 2. The first-order valence-corrected chi connectivity index (χ1v) is 5.77. The van der Waals surface area contributed by atoms with Crippen LogP contribution in [0.5, 0.6) is 5.75 Å². The number of ether oxygens (including phenoxy) is 1. The number of hydrogen-bond donors (Lipinski definition) is 1. The van der Waals surface area contributed by atoms with Gasteiger partial charge in [-0.05, 0) is 24.6 Å². The molecule has 1 rings (SSSR count). The summed E-state index contributed by atoms with van der Waals surface area (Å²) in [7, 11) is 0. The maximum Gasteiger partial charge on any atom is 0.128 e. The van der Waals surface area contributed by atoms with Crippen molar-refractivity contribution in [1.29, 1.82) is 0 Å². The van der Waals surface area contributed by atoms with Crippen LogP contribution in [0.3, 0.4) is 0 Å². The van der Waals surface area contributed by atoms with Gasteiger partial charge in [-0.3, -0.25) is 0 Å². The average Bonchev–Trinajstić information content (AvgIpc) is 2.25. The van der Waals surface area contributed by atoms with Crippen LogP contribution in [0.1, 0.15) is 12.5 Å². The predicted molar refractivity (Wildman–Crippen MR) is 70.6 cm³/mol. The van der Waals surface area contributed by atoms with Crippen molar-refractivity contribution < 1.29 is 9.84 Å². The maximum absolute atomic E-state index is 8.74. The molecular weight excluding hydrogens is 268 g/mol. The number of benzene rings is 1. The van der Waals surface area contributed by atoms with Gasteiger partial charge in [0.05, 0.1) is 6.61 Å². The molecule has 0 aliphatic heterocycles. The standard InChI is InChI=1S/C13H15BrO2/c1-10(2)9-16-13-8-12(14)6-5-11(13)4-3-7-15/h3-6,8,15H,1,7,9H2,2H3. The Morgan fingerprint density at radius 3 is 2.94 bits per heavy atom. The SMILES string of the molecule is C=C(C)COc1cc(Br)ccc1C=CCO. The van der Waals surface area contributed by atoms with Gasteiger partial charge in [0.2, 0.25) is 0 Å². The van der Waals surface area contributed by atoms with E-state index in [0.29, 0.717) is 6.61 Å². The zero-order chi connectivity index (χ0) is 12.0. The Kier molecular flexibility index (Phi) is 5.29. The van der Waals surface area contributed by atoms with E-state index in [-0.39, 0.29) is 6.61 Å². The van der Waals surface area contributed by atoms with Crippen molar-refractivity contribution in [3.8, 4) is 5.75 Å². The Morgan fingerprint density at radius 1 is 1.56 bits per heavy atom. The fourth-order valence-electron chi connectivity index (χ4n) is 1.15. The van der Waals surface area contributed by atoms with Gasteiger partial charge in [-0.1, -0.05) is 40.7 Å². The molecule has 0 fully saturated rings. The molecule has 0 saturated carbocycles. The van der Waals surface area contributed by atoms with Crippen LogP contribution in [0, 0.1) is 0 Å². The summed E-state index contributed by atoms with van der Waals surface area (Å²) in [6.07, 6.45) is 3.51. The van der Waals surface area contributed by atoms with Crippen molar-refractivity contribution in [1.82, 2.24) is 0 Å². The van der Waals surface area contributed by atoms with Gasteiger partial charge in [0, 0.05) is 10.0 Å². The summed E-state index contributed by atoms with van der Waals surface area (Å²) in [6, 6.07) is 5.77. The second-order valence-corrected chi connectivity index (χ2v) is 4.43. The molecule has 0 saturated heterocycles. The fourth-order valence-corrected chi connectivity index (χ4v) is 1.49. The molecule has 0 aromatic heterocycles. The molecule has 0 amide bonds. The quantitative estimate of drug-likeness (QED) is 0.839. The largest absolute Gasteiger partial charge is 0.489 e. The van der Waals surface area contributed by atoms with E-state index in [2.05, 4.69) is 22.5 Å². The van der Waals surface area contributed by atoms with E-state index >= 15 is 0 Å². The van der Waals surface area contributed by atoms with Crippen LogP contribution in [-0.2, 0) is 0 Å². The van der Waals surface area contributed by atoms with Gasteiger partial charge in [0.1, 0.15) is 12.4 Å². The van der Waals surface area contributed by atoms with Crippen molar-refractivity contribution >= 4 is 22.0 Å². The molecule has 0 aliphatic rings. The summed E-state index contributed by atoms with van der Waals surface area (Å²) in [5.74, 6) is 0.780. The zero-order valence-electron chi connectivity index (χ0n) is 9.24. The topological polar surface area (TPSA) is 29.5 Å². The monoisotopic (exact) mass is 282 g/mol. The molecule has 1 aromatic rings. The minimum atomic E-state index is 0.0238. The summed E-state index contributed by atoms with van der Waals surface area (Å²) in [5.41, 5.74) is 1.91. The van der Waals surface area contributed by atoms with E-state index in [4.69, 9.17) is 9.84 Å². The summed E-state index contributed by atoms with van der Waals surface area (Å²) < 4.78 is 6.58. The smallest absolute Gasteiger partial charge is 0.128 e. The van der Waals surface area contributed by atoms with Crippen LogP contribution in [0.25, 0.3) is 6.08 Å². The Morgan fingerprint density at radius 2 is 2.31 bits per heavy atom. The predicted octanol–water partition coefficient (Wildman–Crippen LogP) is 3.41. The highest BCUT2D eigenvalue weighted by atomic mass is 79.9. The zero-order valence-corrected chi connectivity index (χ0v) is 10.8. The van der Waals surface area contributed by atoms with Crippen LogP contribution >= 0.6 is 15.9 Å². The normalized spacial score (nSPS) is 10.7. The van der Waals surface area contributed by atoms with Gasteiger partial charge < -0.3 is 9.84 Å². The van der Waals surface area contributed by atoms with Gasteiger partial charge in [-0.2, -0.15) is 0 Å². The van der Waals surface area contributed by atoms with Crippen molar-refractivity contribution in [3.05, 3.63) is 46.5 Å². The third-order valence-corrected chi connectivity index (χ3v) is 2.35. The Hall–Kier alpha value is -1.06. The lowest BCUT2D eigenvalue weighted by molar-refractivity contribution is 0.343. The summed E-state index contributed by atoms with van der Waals surface area (Å²) in [4.78, 5) is 0. The highest BCUT2D eigenvalue weighted by Crippen LogP contribution is 2.25. The van der Waals surface area contributed by atoms with Crippen LogP contribution in [-0.4, -0.2) is 18.3 Å². The van der Waals surface area contributed by atoms with E-state index in [1.807, 2.05) is 31.2 Å². The van der Waals surface area contributed by atoms with Crippen LogP contribution in [0.4, 0.5) is 0 Å². The first kappa shape index (κ1) is 13.0. The Balaban J connectivity index is 2.89. The summed E-state index contributed by atoms with van der Waals surface area (Å²) in [5, 5.41) is 8.74. The lowest BCUT2D eigenvalue weighted by Gasteiger charge is -2.09. The molecule has 16 heavy (non-hydrogen) atoms. The molecule has 0 heterocycles. The van der Waals surface area contributed by atoms with Gasteiger partial charge in [-0.15, -0.1) is 0 Å². The van der Waals surface area contributed by atoms with Crippen LogP contribution in [0.15, 0.2) is 40.9 Å². The second-order valence-electron chi connectivity index (χ2n) is 3.51. The van der Waals surface area contributed by atoms with Gasteiger partial charge >= 0.3 is 0 Å². The fraction of sp³-hybridized carbons (Fsp3) is 0.231. The molecule has 3 heteroatoms. The van der Waals surface area contributed by atoms with E-state index in [0.717, 1.165) is 21.4 Å². The molecule has 0 aliphatic carbocycles. The molecule has 86 valence electrons. The average molecular weight is 283 g/mol. The third kappa shape index (κ3) is 4.21. The number of rotatable bonds is 5. The molecule has 0 atom stereocenters. The van der Waals surface area contributed by atoms with Gasteiger partial charge in [0.15, 0.2) is 0 Å². The van der Waals surface area contributed by atoms with Crippen LogP contribution < -0.4 is 4.74 Å². The Labute approximate surface area is 104 Å². The molecule has 0 bridgehead atoms. The maximum atomic E-state index is 8.74. The summed E-state index contributed by atoms with van der Waals surface area (Å²) >= 11 is 3.40. The van der Waals surface area contributed by atoms with Crippen molar-refractivity contribution in [2.24, 2.45) is 0 Å². The number of halogens is 1. The van der Waals surface area contributed by atoms with Crippen molar-refractivity contribution in [2.45, 2.75) is 6.92 Å². The minimum Gasteiger partial charge on any atom is -0.489 e. The lowest BCUT2D eigenvalue weighted by atomic mass is 10.2. The van der Waals surface area contributed by atoms with Crippen molar-refractivity contribution in [3.63, 3.8) is 0 Å². The van der Waals surface area contributed by atoms with Crippen LogP contribution in [0.2, 0.25) is 0 Å². The number of aliphatic hydroxyl groups excluding tert-OH is 1. The molecule has 0 spiro atoms. The highest BCUT2D eigenvalue weighted by molar-refractivity contribution is 9.10. The van der Waals surface area contributed by atoms with E-state index in [1.165, 1.54) is 0 Å².